The lowest BCUT2D eigenvalue weighted by atomic mass is 9.89. The van der Waals surface area contributed by atoms with E-state index in [1.807, 2.05) is 31.2 Å². The number of carbonyl (C=O) groups excluding carboxylic acids is 2. The van der Waals surface area contributed by atoms with E-state index in [1.54, 1.807) is 22.5 Å². The number of amides is 2. The van der Waals surface area contributed by atoms with Crippen molar-refractivity contribution in [2.24, 2.45) is 5.92 Å². The molecule has 5 N–H and O–H groups in total. The fourth-order valence-electron chi connectivity index (χ4n) is 5.32. The van der Waals surface area contributed by atoms with Crippen molar-refractivity contribution in [2.45, 2.75) is 77.8 Å². The summed E-state index contributed by atoms with van der Waals surface area (Å²) < 4.78 is 13.3. The number of carbonyl (C=O) groups is 2. The van der Waals surface area contributed by atoms with E-state index >= 15 is 0 Å². The van der Waals surface area contributed by atoms with E-state index in [0.717, 1.165) is 23.5 Å². The average molecular weight is 593 g/mol. The van der Waals surface area contributed by atoms with Crippen LogP contribution in [0.15, 0.2) is 48.5 Å². The summed E-state index contributed by atoms with van der Waals surface area (Å²) in [7, 11) is 0. The van der Waals surface area contributed by atoms with Gasteiger partial charge in [-0.2, -0.15) is 15.0 Å². The fraction of sp³-hybridized carbons (Fsp3) is 0.452. The Morgan fingerprint density at radius 2 is 1.60 bits per heavy atom. The number of benzene rings is 2. The topological polar surface area (TPSA) is 144 Å². The Hall–Kier alpha value is -4.32. The highest BCUT2D eigenvalue weighted by molar-refractivity contribution is 5.92. The zero-order valence-electron chi connectivity index (χ0n) is 24.8. The highest BCUT2D eigenvalue weighted by Gasteiger charge is 2.19. The molecule has 2 aromatic carbocycles. The standard InChI is InChI=1S/C31H41FN8O3/c1-21(7-6-10-28(42)39-43)40(22(2)41)27-17-15-26(16-18-27)35-31-37-29(33-19-23-8-4-3-5-9-23)36-30(38-31)34-20-24-11-13-25(32)14-12-24/h11-18,21,23,43H,3-10,19-20H2,1-2H3,(H,39,42)(H3,33,34,35,36,37,38). The van der Waals surface area contributed by atoms with Gasteiger partial charge in [-0.25, -0.2) is 9.87 Å². The summed E-state index contributed by atoms with van der Waals surface area (Å²) in [5, 5.41) is 18.5. The van der Waals surface area contributed by atoms with Gasteiger partial charge in [-0.15, -0.1) is 0 Å². The quantitative estimate of drug-likeness (QED) is 0.116. The van der Waals surface area contributed by atoms with Crippen LogP contribution < -0.4 is 26.3 Å². The lowest BCUT2D eigenvalue weighted by molar-refractivity contribution is -0.129. The molecule has 0 spiro atoms. The second-order valence-corrected chi connectivity index (χ2v) is 11.0. The first-order chi connectivity index (χ1) is 20.8. The SMILES string of the molecule is CC(=O)N(c1ccc(Nc2nc(NCc3ccc(F)cc3)nc(NCC3CCCCC3)n2)cc1)C(C)CCCC(=O)NO. The molecule has 2 amide bonds. The summed E-state index contributed by atoms with van der Waals surface area (Å²) in [6, 6.07) is 13.5. The first kappa shape index (κ1) is 31.6. The first-order valence-electron chi connectivity index (χ1n) is 14.9. The predicted octanol–water partition coefficient (Wildman–Crippen LogP) is 5.78. The number of halogens is 1. The molecule has 4 rings (SSSR count). The number of hydrogen-bond donors (Lipinski definition) is 5. The molecule has 43 heavy (non-hydrogen) atoms. The number of aromatic nitrogens is 3. The molecule has 1 fully saturated rings. The van der Waals surface area contributed by atoms with Gasteiger partial charge < -0.3 is 20.9 Å². The lowest BCUT2D eigenvalue weighted by Crippen LogP contribution is -2.37. The molecule has 11 nitrogen and oxygen atoms in total. The van der Waals surface area contributed by atoms with Gasteiger partial charge in [0.2, 0.25) is 29.7 Å². The number of hydrogen-bond acceptors (Lipinski definition) is 9. The minimum Gasteiger partial charge on any atom is -0.354 e. The van der Waals surface area contributed by atoms with Crippen molar-refractivity contribution in [3.05, 3.63) is 59.9 Å². The van der Waals surface area contributed by atoms with Crippen molar-refractivity contribution in [1.82, 2.24) is 20.4 Å². The first-order valence-corrected chi connectivity index (χ1v) is 14.9. The third-order valence-electron chi connectivity index (χ3n) is 7.60. The van der Waals surface area contributed by atoms with E-state index in [2.05, 4.69) is 30.9 Å². The summed E-state index contributed by atoms with van der Waals surface area (Å²) in [5.41, 5.74) is 3.98. The van der Waals surface area contributed by atoms with Crippen LogP contribution in [0.4, 0.5) is 33.6 Å². The molecular weight excluding hydrogens is 551 g/mol. The molecule has 1 aliphatic carbocycles. The molecule has 1 atom stereocenters. The van der Waals surface area contributed by atoms with Crippen molar-refractivity contribution >= 4 is 41.0 Å². The smallest absolute Gasteiger partial charge is 0.243 e. The van der Waals surface area contributed by atoms with Crippen molar-refractivity contribution < 1.29 is 19.2 Å². The summed E-state index contributed by atoms with van der Waals surface area (Å²) in [6.07, 6.45) is 7.49. The molecule has 1 unspecified atom stereocenters. The molecule has 1 aliphatic rings. The molecular formula is C31H41FN8O3. The van der Waals surface area contributed by atoms with Crippen LogP contribution in [0.5, 0.6) is 0 Å². The third kappa shape index (κ3) is 9.88. The van der Waals surface area contributed by atoms with E-state index in [4.69, 9.17) is 5.21 Å². The van der Waals surface area contributed by atoms with Crippen LogP contribution in [0, 0.1) is 11.7 Å². The Kier molecular flexibility index (Phi) is 11.6. The molecule has 0 bridgehead atoms. The molecule has 12 heteroatoms. The maximum absolute atomic E-state index is 13.3. The number of rotatable bonds is 14. The van der Waals surface area contributed by atoms with Gasteiger partial charge in [0.05, 0.1) is 0 Å². The number of nitrogens with one attached hydrogen (secondary N) is 4. The van der Waals surface area contributed by atoms with Gasteiger partial charge >= 0.3 is 0 Å². The Morgan fingerprint density at radius 3 is 2.26 bits per heavy atom. The van der Waals surface area contributed by atoms with Gasteiger partial charge in [0.25, 0.3) is 0 Å². The molecule has 1 saturated carbocycles. The highest BCUT2D eigenvalue weighted by Crippen LogP contribution is 2.26. The Labute approximate surface area is 251 Å². The average Bonchev–Trinajstić information content (AvgIpc) is 3.01. The van der Waals surface area contributed by atoms with Crippen molar-refractivity contribution in [1.29, 1.82) is 0 Å². The predicted molar refractivity (Wildman–Crippen MR) is 165 cm³/mol. The Bertz CT molecular complexity index is 1330. The summed E-state index contributed by atoms with van der Waals surface area (Å²) in [6.45, 7) is 4.65. The van der Waals surface area contributed by atoms with E-state index in [9.17, 15) is 14.0 Å². The lowest BCUT2D eigenvalue weighted by Gasteiger charge is -2.28. The molecule has 3 aromatic rings. The van der Waals surface area contributed by atoms with E-state index in [-0.39, 0.29) is 24.2 Å². The number of nitrogens with zero attached hydrogens (tertiary/aromatic N) is 4. The fourth-order valence-corrected chi connectivity index (χ4v) is 5.32. The minimum atomic E-state index is -0.448. The third-order valence-corrected chi connectivity index (χ3v) is 7.60. The normalized spacial score (nSPS) is 14.0. The second-order valence-electron chi connectivity index (χ2n) is 11.0. The van der Waals surface area contributed by atoms with Crippen LogP contribution in [0.25, 0.3) is 0 Å². The summed E-state index contributed by atoms with van der Waals surface area (Å²) in [5.74, 6) is 0.949. The second kappa shape index (κ2) is 15.8. The van der Waals surface area contributed by atoms with Crippen molar-refractivity contribution in [3.63, 3.8) is 0 Å². The number of hydroxylamine groups is 1. The van der Waals surface area contributed by atoms with Crippen LogP contribution in [-0.2, 0) is 16.1 Å². The van der Waals surface area contributed by atoms with Crippen LogP contribution in [0.3, 0.4) is 0 Å². The highest BCUT2D eigenvalue weighted by atomic mass is 19.1. The summed E-state index contributed by atoms with van der Waals surface area (Å²) in [4.78, 5) is 39.2. The summed E-state index contributed by atoms with van der Waals surface area (Å²) >= 11 is 0. The maximum Gasteiger partial charge on any atom is 0.243 e. The van der Waals surface area contributed by atoms with Crippen LogP contribution in [-0.4, -0.2) is 44.6 Å². The van der Waals surface area contributed by atoms with Gasteiger partial charge in [-0.3, -0.25) is 14.8 Å². The molecule has 230 valence electrons. The monoisotopic (exact) mass is 592 g/mol. The van der Waals surface area contributed by atoms with Gasteiger partial charge in [-0.1, -0.05) is 31.4 Å². The van der Waals surface area contributed by atoms with Crippen molar-refractivity contribution in [3.8, 4) is 0 Å². The van der Waals surface area contributed by atoms with Gasteiger partial charge in [0.1, 0.15) is 5.82 Å². The van der Waals surface area contributed by atoms with Crippen LogP contribution >= 0.6 is 0 Å². The van der Waals surface area contributed by atoms with Gasteiger partial charge in [0, 0.05) is 43.9 Å². The molecule has 0 aliphatic heterocycles. The molecule has 1 heterocycles. The van der Waals surface area contributed by atoms with E-state index < -0.39 is 5.91 Å². The zero-order valence-corrected chi connectivity index (χ0v) is 24.8. The number of anilines is 5. The molecule has 0 saturated heterocycles. The van der Waals surface area contributed by atoms with E-state index in [0.29, 0.717) is 43.1 Å². The Balaban J connectivity index is 1.46. The molecule has 1 aromatic heterocycles. The van der Waals surface area contributed by atoms with Gasteiger partial charge in [-0.05, 0) is 80.5 Å². The van der Waals surface area contributed by atoms with Crippen molar-refractivity contribution in [2.75, 3.05) is 27.4 Å². The van der Waals surface area contributed by atoms with Gasteiger partial charge in [0.15, 0.2) is 0 Å². The largest absolute Gasteiger partial charge is 0.354 e. The van der Waals surface area contributed by atoms with Crippen LogP contribution in [0.2, 0.25) is 0 Å². The van der Waals surface area contributed by atoms with Crippen LogP contribution in [0.1, 0.15) is 70.8 Å². The maximum atomic E-state index is 13.3. The van der Waals surface area contributed by atoms with E-state index in [1.165, 1.54) is 51.2 Å². The molecule has 0 radical (unpaired) electrons. The minimum absolute atomic E-state index is 0.108. The Morgan fingerprint density at radius 1 is 0.953 bits per heavy atom. The zero-order chi connectivity index (χ0) is 30.6.